The molecule has 0 bridgehead atoms. The Balaban J connectivity index is 2.46. The minimum absolute atomic E-state index is 0.00187. The third-order valence-corrected chi connectivity index (χ3v) is 3.84. The maximum Gasteiger partial charge on any atom is 0.237 e. The summed E-state index contributed by atoms with van der Waals surface area (Å²) in [6.07, 6.45) is 3.97. The highest BCUT2D eigenvalue weighted by atomic mass is 16.2. The Hall–Kier alpha value is -2.16. The molecule has 0 aromatic carbocycles. The number of hydrazone groups is 1. The maximum atomic E-state index is 12.2. The number of aliphatic imine (C=N–C) groups is 1. The minimum atomic E-state index is -0.241. The van der Waals surface area contributed by atoms with Crippen molar-refractivity contribution in [2.75, 3.05) is 34.2 Å². The number of nitrogens with zero attached hydrogens (tertiary/aromatic N) is 3. The summed E-state index contributed by atoms with van der Waals surface area (Å²) < 4.78 is 0. The number of likely N-dealkylation sites (N-methyl/N-ethyl adjacent to an activating group) is 1. The number of rotatable bonds is 8. The van der Waals surface area contributed by atoms with Crippen molar-refractivity contribution in [2.45, 2.75) is 38.3 Å². The molecule has 0 aromatic heterocycles. The van der Waals surface area contributed by atoms with Crippen molar-refractivity contribution in [3.05, 3.63) is 0 Å². The summed E-state index contributed by atoms with van der Waals surface area (Å²) in [7, 11) is 5.44. The van der Waals surface area contributed by atoms with Gasteiger partial charge in [0, 0.05) is 40.3 Å². The highest BCUT2D eigenvalue weighted by Gasteiger charge is 2.31. The molecule has 24 heavy (non-hydrogen) atoms. The van der Waals surface area contributed by atoms with Crippen molar-refractivity contribution in [1.29, 1.82) is 0 Å². The molecule has 1 aliphatic heterocycles. The smallest absolute Gasteiger partial charge is 0.237 e. The molecule has 9 nitrogen and oxygen atoms in total. The van der Waals surface area contributed by atoms with Crippen LogP contribution < -0.4 is 21.4 Å². The number of likely N-dealkylation sites (tertiary alicyclic amines) is 1. The van der Waals surface area contributed by atoms with E-state index in [1.54, 1.807) is 20.3 Å². The van der Waals surface area contributed by atoms with E-state index in [0.717, 1.165) is 31.9 Å². The van der Waals surface area contributed by atoms with E-state index in [1.807, 2.05) is 11.9 Å². The average molecular weight is 339 g/mol. The number of nitrogens with one attached hydrogen (secondary N) is 4. The lowest BCUT2D eigenvalue weighted by atomic mass is 10.0. The first-order chi connectivity index (χ1) is 11.5. The summed E-state index contributed by atoms with van der Waals surface area (Å²) in [5.41, 5.74) is 2.37. The van der Waals surface area contributed by atoms with Crippen molar-refractivity contribution in [3.8, 4) is 0 Å². The molecule has 0 aromatic rings. The first-order valence-electron chi connectivity index (χ1n) is 8.16. The van der Waals surface area contributed by atoms with Crippen LogP contribution in [0.2, 0.25) is 0 Å². The Bertz CT molecular complexity index is 478. The van der Waals surface area contributed by atoms with Crippen LogP contribution in [0.3, 0.4) is 0 Å². The fourth-order valence-corrected chi connectivity index (χ4v) is 2.34. The van der Waals surface area contributed by atoms with Crippen LogP contribution in [0.4, 0.5) is 0 Å². The van der Waals surface area contributed by atoms with Gasteiger partial charge in [0.1, 0.15) is 0 Å². The summed E-state index contributed by atoms with van der Waals surface area (Å²) >= 11 is 0. The number of amides is 2. The lowest BCUT2D eigenvalue weighted by Crippen LogP contribution is -2.56. The normalized spacial score (nSPS) is 19.5. The van der Waals surface area contributed by atoms with Crippen molar-refractivity contribution in [2.24, 2.45) is 10.1 Å². The van der Waals surface area contributed by atoms with Crippen LogP contribution >= 0.6 is 0 Å². The zero-order valence-corrected chi connectivity index (χ0v) is 14.9. The van der Waals surface area contributed by atoms with E-state index in [2.05, 4.69) is 31.5 Å². The second kappa shape index (κ2) is 10.6. The Kier molecular flexibility index (Phi) is 8.77. The third kappa shape index (κ3) is 6.95. The average Bonchev–Trinajstić information content (AvgIpc) is 2.52. The molecule has 2 atom stereocenters. The molecule has 136 valence electrons. The van der Waals surface area contributed by atoms with Gasteiger partial charge in [0.15, 0.2) is 5.96 Å². The second-order valence-corrected chi connectivity index (χ2v) is 5.74. The largest absolute Gasteiger partial charge is 0.359 e. The number of guanidine groups is 1. The van der Waals surface area contributed by atoms with Crippen molar-refractivity contribution in [3.63, 3.8) is 0 Å². The molecule has 9 heteroatoms. The molecule has 0 spiro atoms. The van der Waals surface area contributed by atoms with Gasteiger partial charge in [-0.05, 0) is 26.3 Å². The molecule has 1 aliphatic rings. The predicted molar refractivity (Wildman–Crippen MR) is 94.9 cm³/mol. The highest BCUT2D eigenvalue weighted by Crippen LogP contribution is 2.14. The summed E-state index contributed by atoms with van der Waals surface area (Å²) in [5.74, 6) is 0.482. The van der Waals surface area contributed by atoms with Crippen LogP contribution in [0.1, 0.15) is 26.2 Å². The van der Waals surface area contributed by atoms with Gasteiger partial charge < -0.3 is 16.0 Å². The molecule has 4 N–H and O–H groups in total. The van der Waals surface area contributed by atoms with Crippen molar-refractivity contribution < 1.29 is 9.59 Å². The Morgan fingerprint density at radius 1 is 1.42 bits per heavy atom. The Morgan fingerprint density at radius 2 is 2.17 bits per heavy atom. The van der Waals surface area contributed by atoms with Gasteiger partial charge in [0.2, 0.25) is 11.8 Å². The van der Waals surface area contributed by atoms with Crippen LogP contribution in [0.25, 0.3) is 0 Å². The summed E-state index contributed by atoms with van der Waals surface area (Å²) in [6.45, 7) is 3.05. The number of hydrogen-bond acceptors (Lipinski definition) is 5. The van der Waals surface area contributed by atoms with Gasteiger partial charge in [0.05, 0.1) is 12.1 Å². The Morgan fingerprint density at radius 3 is 2.67 bits per heavy atom. The summed E-state index contributed by atoms with van der Waals surface area (Å²) in [5, 5.41) is 13.0. The fraction of sp³-hybridized carbons (Fsp3) is 0.733. The molecule has 0 saturated carbocycles. The fourth-order valence-electron chi connectivity index (χ4n) is 2.34. The number of carbonyl (C=O) groups excluding carboxylic acids is 2. The lowest BCUT2D eigenvalue weighted by Gasteiger charge is -2.37. The Labute approximate surface area is 143 Å². The summed E-state index contributed by atoms with van der Waals surface area (Å²) in [4.78, 5) is 29.2. The van der Waals surface area contributed by atoms with E-state index < -0.39 is 0 Å². The first-order valence-corrected chi connectivity index (χ1v) is 8.16. The highest BCUT2D eigenvalue weighted by molar-refractivity contribution is 5.86. The molecular formula is C15H29N7O2. The molecule has 1 rings (SSSR count). The second-order valence-electron chi connectivity index (χ2n) is 5.74. The van der Waals surface area contributed by atoms with Gasteiger partial charge in [-0.2, -0.15) is 5.10 Å². The lowest BCUT2D eigenvalue weighted by molar-refractivity contribution is -0.130. The minimum Gasteiger partial charge on any atom is -0.359 e. The standard InChI is InChI=1S/C15H29N7O2/c1-11(23)21-19-10-12(6-5-8-18-15(16-2)17-3)20-14(24)13-7-9-22(13)4/h10,12-13H,5-9H2,1-4H3,(H,20,24)(H,21,23)(H2,16,17,18)/b19-10+. The van der Waals surface area contributed by atoms with Gasteiger partial charge in [0.25, 0.3) is 0 Å². The topological polar surface area (TPSA) is 110 Å². The van der Waals surface area contributed by atoms with E-state index in [9.17, 15) is 9.59 Å². The van der Waals surface area contributed by atoms with Gasteiger partial charge >= 0.3 is 0 Å². The molecule has 2 unspecified atom stereocenters. The van der Waals surface area contributed by atoms with Crippen molar-refractivity contribution in [1.82, 2.24) is 26.3 Å². The van der Waals surface area contributed by atoms with Gasteiger partial charge in [-0.1, -0.05) is 0 Å². The zero-order chi connectivity index (χ0) is 17.9. The molecular weight excluding hydrogens is 310 g/mol. The molecule has 1 saturated heterocycles. The van der Waals surface area contributed by atoms with E-state index in [0.29, 0.717) is 6.42 Å². The first kappa shape index (κ1) is 19.9. The van der Waals surface area contributed by atoms with Crippen LogP contribution in [0.5, 0.6) is 0 Å². The van der Waals surface area contributed by atoms with Crippen molar-refractivity contribution >= 4 is 24.0 Å². The molecule has 0 radical (unpaired) electrons. The van der Waals surface area contributed by atoms with Gasteiger partial charge in [-0.25, -0.2) is 5.43 Å². The van der Waals surface area contributed by atoms with Crippen LogP contribution in [0, 0.1) is 0 Å². The van der Waals surface area contributed by atoms with E-state index in [1.165, 1.54) is 6.92 Å². The van der Waals surface area contributed by atoms with E-state index >= 15 is 0 Å². The number of carbonyl (C=O) groups is 2. The van der Waals surface area contributed by atoms with Crippen LogP contribution in [-0.4, -0.2) is 75.2 Å². The predicted octanol–water partition coefficient (Wildman–Crippen LogP) is -1.13. The van der Waals surface area contributed by atoms with E-state index in [4.69, 9.17) is 0 Å². The zero-order valence-electron chi connectivity index (χ0n) is 14.9. The summed E-state index contributed by atoms with van der Waals surface area (Å²) in [6, 6.07) is -0.292. The third-order valence-electron chi connectivity index (χ3n) is 3.84. The SMILES string of the molecule is CN=C(NC)NCCCC(/C=N/NC(C)=O)NC(=O)C1CCN1C. The van der Waals surface area contributed by atoms with Gasteiger partial charge in [-0.3, -0.25) is 19.5 Å². The van der Waals surface area contributed by atoms with Gasteiger partial charge in [-0.15, -0.1) is 0 Å². The molecule has 1 fully saturated rings. The molecule has 2 amide bonds. The monoisotopic (exact) mass is 339 g/mol. The maximum absolute atomic E-state index is 12.2. The molecule has 0 aliphatic carbocycles. The van der Waals surface area contributed by atoms with E-state index in [-0.39, 0.29) is 23.9 Å². The number of hydrogen-bond donors (Lipinski definition) is 4. The van der Waals surface area contributed by atoms with Crippen LogP contribution in [-0.2, 0) is 9.59 Å². The van der Waals surface area contributed by atoms with Crippen LogP contribution in [0.15, 0.2) is 10.1 Å². The quantitative estimate of drug-likeness (QED) is 0.194. The molecule has 1 heterocycles.